The van der Waals surface area contributed by atoms with Crippen LogP contribution in [0.1, 0.15) is 21.5 Å². The van der Waals surface area contributed by atoms with Crippen LogP contribution in [0.25, 0.3) is 0 Å². The van der Waals surface area contributed by atoms with E-state index < -0.39 is 31.1 Å². The van der Waals surface area contributed by atoms with E-state index in [1.54, 1.807) is 19.9 Å². The van der Waals surface area contributed by atoms with E-state index in [0.717, 1.165) is 0 Å². The molecule has 8 heteroatoms. The van der Waals surface area contributed by atoms with Gasteiger partial charge < -0.3 is 15.7 Å². The lowest BCUT2D eigenvalue weighted by Crippen LogP contribution is -2.35. The molecule has 0 aliphatic heterocycles. The second-order valence-electron chi connectivity index (χ2n) is 4.54. The number of hydrogen-bond donors (Lipinski definition) is 3. The molecule has 1 aromatic rings. The molecule has 0 aliphatic carbocycles. The fourth-order valence-corrected chi connectivity index (χ4v) is 1.68. The van der Waals surface area contributed by atoms with Gasteiger partial charge in [0, 0.05) is 5.69 Å². The Morgan fingerprint density at radius 1 is 1.24 bits per heavy atom. The van der Waals surface area contributed by atoms with Gasteiger partial charge in [-0.25, -0.2) is 4.79 Å². The maximum atomic E-state index is 11.9. The molecular formula is C13H15F3N2O3. The first-order chi connectivity index (χ1) is 9.60. The van der Waals surface area contributed by atoms with Gasteiger partial charge >= 0.3 is 12.1 Å². The predicted octanol–water partition coefficient (Wildman–Crippen LogP) is 2.09. The Morgan fingerprint density at radius 2 is 1.86 bits per heavy atom. The van der Waals surface area contributed by atoms with Crippen LogP contribution in [0.15, 0.2) is 12.1 Å². The van der Waals surface area contributed by atoms with Crippen LogP contribution in [0.2, 0.25) is 0 Å². The highest BCUT2D eigenvalue weighted by Crippen LogP contribution is 2.20. The van der Waals surface area contributed by atoms with Gasteiger partial charge in [-0.15, -0.1) is 0 Å². The van der Waals surface area contributed by atoms with Gasteiger partial charge in [0.25, 0.3) is 0 Å². The van der Waals surface area contributed by atoms with Crippen molar-refractivity contribution >= 4 is 17.6 Å². The molecule has 0 aromatic heterocycles. The number of halogens is 3. The molecule has 1 amide bonds. The standard InChI is InChI=1S/C13H15F3N2O3/c1-7-3-9(4-10(8(7)2)12(20)21)18-11(19)5-17-6-13(14,15)16/h3-4,17H,5-6H2,1-2H3,(H,18,19)(H,20,21). The Balaban J connectivity index is 2.71. The van der Waals surface area contributed by atoms with E-state index in [1.807, 2.05) is 5.32 Å². The van der Waals surface area contributed by atoms with Crippen LogP contribution in [0.5, 0.6) is 0 Å². The minimum absolute atomic E-state index is 0.0357. The third kappa shape index (κ3) is 5.42. The van der Waals surface area contributed by atoms with Crippen molar-refractivity contribution in [3.05, 3.63) is 28.8 Å². The van der Waals surface area contributed by atoms with E-state index in [2.05, 4.69) is 5.32 Å². The van der Waals surface area contributed by atoms with Crippen molar-refractivity contribution in [2.75, 3.05) is 18.4 Å². The first-order valence-corrected chi connectivity index (χ1v) is 6.02. The average Bonchev–Trinajstić information content (AvgIpc) is 2.31. The van der Waals surface area contributed by atoms with Gasteiger partial charge in [-0.2, -0.15) is 13.2 Å². The number of carboxylic acid groups (broad SMARTS) is 1. The Kier molecular flexibility index (Phi) is 5.31. The predicted molar refractivity (Wildman–Crippen MR) is 70.4 cm³/mol. The molecule has 0 spiro atoms. The van der Waals surface area contributed by atoms with Crippen LogP contribution in [-0.2, 0) is 4.79 Å². The summed E-state index contributed by atoms with van der Waals surface area (Å²) in [6, 6.07) is 2.83. The monoisotopic (exact) mass is 304 g/mol. The molecule has 0 fully saturated rings. The van der Waals surface area contributed by atoms with Crippen LogP contribution in [0, 0.1) is 13.8 Å². The largest absolute Gasteiger partial charge is 0.478 e. The van der Waals surface area contributed by atoms with Gasteiger partial charge in [0.1, 0.15) is 0 Å². The summed E-state index contributed by atoms with van der Waals surface area (Å²) < 4.78 is 35.7. The van der Waals surface area contributed by atoms with E-state index >= 15 is 0 Å². The summed E-state index contributed by atoms with van der Waals surface area (Å²) in [4.78, 5) is 22.5. The third-order valence-electron chi connectivity index (χ3n) is 2.79. The molecule has 0 atom stereocenters. The first kappa shape index (κ1) is 17.0. The second kappa shape index (κ2) is 6.57. The summed E-state index contributed by atoms with van der Waals surface area (Å²) in [6.45, 7) is 1.52. The maximum Gasteiger partial charge on any atom is 0.401 e. The number of hydrogen-bond acceptors (Lipinski definition) is 3. The zero-order chi connectivity index (χ0) is 16.2. The highest BCUT2D eigenvalue weighted by Gasteiger charge is 2.26. The Hall–Kier alpha value is -2.09. The molecule has 5 nitrogen and oxygen atoms in total. The van der Waals surface area contributed by atoms with Gasteiger partial charge in [-0.05, 0) is 37.1 Å². The number of aryl methyl sites for hydroxylation is 1. The summed E-state index contributed by atoms with van der Waals surface area (Å²) in [5.74, 6) is -1.82. The van der Waals surface area contributed by atoms with E-state index in [9.17, 15) is 22.8 Å². The van der Waals surface area contributed by atoms with Crippen molar-refractivity contribution in [3.63, 3.8) is 0 Å². The number of nitrogens with one attached hydrogen (secondary N) is 2. The van der Waals surface area contributed by atoms with Gasteiger partial charge in [-0.1, -0.05) is 0 Å². The SMILES string of the molecule is Cc1cc(NC(=O)CNCC(F)(F)F)cc(C(=O)O)c1C. The first-order valence-electron chi connectivity index (χ1n) is 6.02. The van der Waals surface area contributed by atoms with Crippen molar-refractivity contribution in [1.82, 2.24) is 5.32 Å². The summed E-state index contributed by atoms with van der Waals surface area (Å²) >= 11 is 0. The molecule has 3 N–H and O–H groups in total. The van der Waals surface area contributed by atoms with E-state index in [0.29, 0.717) is 11.1 Å². The van der Waals surface area contributed by atoms with Crippen LogP contribution in [-0.4, -0.2) is 36.2 Å². The van der Waals surface area contributed by atoms with E-state index in [4.69, 9.17) is 5.11 Å². The average molecular weight is 304 g/mol. The number of carbonyl (C=O) groups excluding carboxylic acids is 1. The van der Waals surface area contributed by atoms with Crippen LogP contribution in [0.4, 0.5) is 18.9 Å². The van der Waals surface area contributed by atoms with Crippen molar-refractivity contribution in [1.29, 1.82) is 0 Å². The van der Waals surface area contributed by atoms with E-state index in [-0.39, 0.29) is 11.3 Å². The molecule has 1 rings (SSSR count). The maximum absolute atomic E-state index is 11.9. The lowest BCUT2D eigenvalue weighted by molar-refractivity contribution is -0.127. The number of amides is 1. The fourth-order valence-electron chi connectivity index (χ4n) is 1.68. The van der Waals surface area contributed by atoms with Gasteiger partial charge in [0.05, 0.1) is 18.7 Å². The zero-order valence-electron chi connectivity index (χ0n) is 11.5. The molecule has 0 aliphatic rings. The minimum Gasteiger partial charge on any atom is -0.478 e. The molecule has 116 valence electrons. The van der Waals surface area contributed by atoms with Gasteiger partial charge in [0.2, 0.25) is 5.91 Å². The van der Waals surface area contributed by atoms with Crippen LogP contribution < -0.4 is 10.6 Å². The molecular weight excluding hydrogens is 289 g/mol. The number of benzene rings is 1. The lowest BCUT2D eigenvalue weighted by Gasteiger charge is -2.11. The zero-order valence-corrected chi connectivity index (χ0v) is 11.5. The summed E-state index contributed by atoms with van der Waals surface area (Å²) in [5, 5.41) is 13.3. The molecule has 1 aromatic carbocycles. The molecule has 21 heavy (non-hydrogen) atoms. The second-order valence-corrected chi connectivity index (χ2v) is 4.54. The lowest BCUT2D eigenvalue weighted by atomic mass is 10.0. The van der Waals surface area contributed by atoms with E-state index in [1.165, 1.54) is 6.07 Å². The number of carboxylic acids is 1. The normalized spacial score (nSPS) is 11.3. The highest BCUT2D eigenvalue weighted by molar-refractivity contribution is 5.96. The number of carbonyl (C=O) groups is 2. The Bertz CT molecular complexity index is 556. The molecule has 0 saturated heterocycles. The number of aromatic carboxylic acids is 1. The molecule has 0 radical (unpaired) electrons. The minimum atomic E-state index is -4.39. The van der Waals surface area contributed by atoms with Crippen molar-refractivity contribution in [2.24, 2.45) is 0 Å². The Morgan fingerprint density at radius 3 is 2.38 bits per heavy atom. The quantitative estimate of drug-likeness (QED) is 0.778. The highest BCUT2D eigenvalue weighted by atomic mass is 19.4. The summed E-state index contributed by atoms with van der Waals surface area (Å²) in [5.41, 5.74) is 1.49. The fraction of sp³-hybridized carbons (Fsp3) is 0.385. The number of alkyl halides is 3. The topological polar surface area (TPSA) is 78.4 Å². The Labute approximate surface area is 119 Å². The van der Waals surface area contributed by atoms with Gasteiger partial charge in [-0.3, -0.25) is 4.79 Å². The smallest absolute Gasteiger partial charge is 0.401 e. The van der Waals surface area contributed by atoms with Crippen LogP contribution in [0.3, 0.4) is 0 Å². The summed E-state index contributed by atoms with van der Waals surface area (Å²) in [6.07, 6.45) is -4.39. The molecule has 0 bridgehead atoms. The third-order valence-corrected chi connectivity index (χ3v) is 2.79. The number of rotatable bonds is 5. The van der Waals surface area contributed by atoms with Crippen molar-refractivity contribution in [3.8, 4) is 0 Å². The molecule has 0 saturated carbocycles. The van der Waals surface area contributed by atoms with Crippen LogP contribution >= 0.6 is 0 Å². The number of anilines is 1. The molecule has 0 heterocycles. The van der Waals surface area contributed by atoms with Crippen molar-refractivity contribution in [2.45, 2.75) is 20.0 Å². The van der Waals surface area contributed by atoms with Crippen molar-refractivity contribution < 1.29 is 27.9 Å². The van der Waals surface area contributed by atoms with Gasteiger partial charge in [0.15, 0.2) is 0 Å². The summed E-state index contributed by atoms with van der Waals surface area (Å²) in [7, 11) is 0. The molecule has 0 unspecified atom stereocenters.